The normalized spacial score (nSPS) is 16.5. The quantitative estimate of drug-likeness (QED) is 0.690. The third-order valence-corrected chi connectivity index (χ3v) is 1.68. The highest BCUT2D eigenvalue weighted by Crippen LogP contribution is 2.23. The second-order valence-electron chi connectivity index (χ2n) is 2.96. The average Bonchev–Trinajstić information content (AvgIpc) is 2.71. The van der Waals surface area contributed by atoms with Gasteiger partial charge < -0.3 is 5.32 Å². The van der Waals surface area contributed by atoms with E-state index in [1.807, 2.05) is 6.92 Å². The molecule has 0 aliphatic heterocycles. The Bertz CT molecular complexity index is 255. The zero-order chi connectivity index (χ0) is 7.68. The minimum absolute atomic E-state index is 0.658. The predicted molar refractivity (Wildman–Crippen MR) is 43.4 cm³/mol. The van der Waals surface area contributed by atoms with Gasteiger partial charge in [0, 0.05) is 12.2 Å². The van der Waals surface area contributed by atoms with Gasteiger partial charge in [0.05, 0.1) is 11.9 Å². The Morgan fingerprint density at radius 2 is 2.27 bits per heavy atom. The molecule has 1 aromatic rings. The van der Waals surface area contributed by atoms with Crippen LogP contribution in [0.1, 0.15) is 18.5 Å². The number of aromatic nitrogens is 2. The van der Waals surface area contributed by atoms with E-state index < -0.39 is 0 Å². The number of rotatable bonds is 2. The zero-order valence-corrected chi connectivity index (χ0v) is 6.54. The molecule has 1 aliphatic carbocycles. The van der Waals surface area contributed by atoms with Crippen LogP contribution in [0.25, 0.3) is 0 Å². The van der Waals surface area contributed by atoms with Crippen molar-refractivity contribution in [1.82, 2.24) is 9.97 Å². The standard InChI is InChI=1S/C8H11N3/c1-6-4-9-5-8(10-6)11-7-2-3-7/h4-5,7H,2-3H2,1H3,(H,10,11). The van der Waals surface area contributed by atoms with E-state index in [4.69, 9.17) is 0 Å². The topological polar surface area (TPSA) is 37.8 Å². The van der Waals surface area contributed by atoms with Gasteiger partial charge in [-0.25, -0.2) is 4.98 Å². The minimum Gasteiger partial charge on any atom is -0.366 e. The predicted octanol–water partition coefficient (Wildman–Crippen LogP) is 1.36. The maximum atomic E-state index is 4.28. The number of hydrogen-bond acceptors (Lipinski definition) is 3. The van der Waals surface area contributed by atoms with Crippen molar-refractivity contribution in [1.29, 1.82) is 0 Å². The smallest absolute Gasteiger partial charge is 0.145 e. The number of anilines is 1. The van der Waals surface area contributed by atoms with Gasteiger partial charge in [-0.1, -0.05) is 0 Å². The molecule has 0 saturated heterocycles. The van der Waals surface area contributed by atoms with Crippen LogP contribution in [0.4, 0.5) is 5.82 Å². The molecule has 58 valence electrons. The summed E-state index contributed by atoms with van der Waals surface area (Å²) < 4.78 is 0. The van der Waals surface area contributed by atoms with Crippen LogP contribution in [-0.4, -0.2) is 16.0 Å². The van der Waals surface area contributed by atoms with Crippen molar-refractivity contribution in [2.45, 2.75) is 25.8 Å². The van der Waals surface area contributed by atoms with E-state index in [9.17, 15) is 0 Å². The van der Waals surface area contributed by atoms with Crippen LogP contribution in [-0.2, 0) is 0 Å². The molecule has 1 saturated carbocycles. The van der Waals surface area contributed by atoms with Crippen molar-refractivity contribution in [3.63, 3.8) is 0 Å². The molecule has 0 atom stereocenters. The van der Waals surface area contributed by atoms with E-state index in [1.165, 1.54) is 12.8 Å². The summed E-state index contributed by atoms with van der Waals surface area (Å²) in [6.45, 7) is 1.95. The van der Waals surface area contributed by atoms with Crippen LogP contribution < -0.4 is 5.32 Å². The summed E-state index contributed by atoms with van der Waals surface area (Å²) in [5, 5.41) is 3.28. The van der Waals surface area contributed by atoms with Gasteiger partial charge in [-0.2, -0.15) is 0 Å². The lowest BCUT2D eigenvalue weighted by Gasteiger charge is -2.01. The fraction of sp³-hybridized carbons (Fsp3) is 0.500. The molecule has 1 N–H and O–H groups in total. The fourth-order valence-corrected chi connectivity index (χ4v) is 0.970. The van der Waals surface area contributed by atoms with Gasteiger partial charge in [0.15, 0.2) is 0 Å². The van der Waals surface area contributed by atoms with Crippen LogP contribution in [0.15, 0.2) is 12.4 Å². The molecule has 1 aromatic heterocycles. The van der Waals surface area contributed by atoms with Crippen molar-refractivity contribution < 1.29 is 0 Å². The summed E-state index contributed by atoms with van der Waals surface area (Å²) in [6, 6.07) is 0.658. The van der Waals surface area contributed by atoms with Gasteiger partial charge in [0.2, 0.25) is 0 Å². The molecule has 0 amide bonds. The molecule has 0 spiro atoms. The molecule has 0 radical (unpaired) electrons. The molecule has 1 heterocycles. The lowest BCUT2D eigenvalue weighted by molar-refractivity contribution is 1.05. The SMILES string of the molecule is Cc1cncc(NC2CC2)n1. The highest BCUT2D eigenvalue weighted by Gasteiger charge is 2.21. The second-order valence-corrected chi connectivity index (χ2v) is 2.96. The van der Waals surface area contributed by atoms with E-state index >= 15 is 0 Å². The first-order valence-electron chi connectivity index (χ1n) is 3.90. The Kier molecular flexibility index (Phi) is 1.49. The van der Waals surface area contributed by atoms with E-state index in [2.05, 4.69) is 15.3 Å². The molecule has 3 heteroatoms. The van der Waals surface area contributed by atoms with Crippen molar-refractivity contribution in [3.05, 3.63) is 18.1 Å². The van der Waals surface area contributed by atoms with Crippen LogP contribution in [0.3, 0.4) is 0 Å². The van der Waals surface area contributed by atoms with Crippen LogP contribution >= 0.6 is 0 Å². The number of nitrogens with zero attached hydrogens (tertiary/aromatic N) is 2. The van der Waals surface area contributed by atoms with Crippen molar-refractivity contribution in [2.75, 3.05) is 5.32 Å². The summed E-state index contributed by atoms with van der Waals surface area (Å²) in [6.07, 6.45) is 6.08. The summed E-state index contributed by atoms with van der Waals surface area (Å²) in [7, 11) is 0. The third-order valence-electron chi connectivity index (χ3n) is 1.68. The lowest BCUT2D eigenvalue weighted by atomic mass is 10.5. The van der Waals surface area contributed by atoms with E-state index in [0.717, 1.165) is 11.5 Å². The Morgan fingerprint density at radius 1 is 1.45 bits per heavy atom. The molecule has 1 aliphatic rings. The highest BCUT2D eigenvalue weighted by molar-refractivity contribution is 5.34. The van der Waals surface area contributed by atoms with Crippen molar-refractivity contribution in [3.8, 4) is 0 Å². The monoisotopic (exact) mass is 149 g/mol. The van der Waals surface area contributed by atoms with E-state index in [0.29, 0.717) is 6.04 Å². The molecule has 0 bridgehead atoms. The Hall–Kier alpha value is -1.12. The average molecular weight is 149 g/mol. The number of nitrogens with one attached hydrogen (secondary N) is 1. The molecule has 2 rings (SSSR count). The first-order valence-corrected chi connectivity index (χ1v) is 3.90. The third kappa shape index (κ3) is 1.67. The summed E-state index contributed by atoms with van der Waals surface area (Å²) in [4.78, 5) is 8.32. The molecular weight excluding hydrogens is 138 g/mol. The molecule has 1 fully saturated rings. The van der Waals surface area contributed by atoms with Gasteiger partial charge in [-0.05, 0) is 19.8 Å². The summed E-state index contributed by atoms with van der Waals surface area (Å²) in [5.41, 5.74) is 0.968. The van der Waals surface area contributed by atoms with Gasteiger partial charge in [0.25, 0.3) is 0 Å². The van der Waals surface area contributed by atoms with Crippen molar-refractivity contribution in [2.24, 2.45) is 0 Å². The van der Waals surface area contributed by atoms with Crippen LogP contribution in [0.2, 0.25) is 0 Å². The molecular formula is C8H11N3. The Morgan fingerprint density at radius 3 is 2.91 bits per heavy atom. The minimum atomic E-state index is 0.658. The maximum absolute atomic E-state index is 4.28. The first-order chi connectivity index (χ1) is 5.34. The highest BCUT2D eigenvalue weighted by atomic mass is 15.1. The van der Waals surface area contributed by atoms with Gasteiger partial charge in [0.1, 0.15) is 5.82 Å². The second kappa shape index (κ2) is 2.49. The molecule has 0 unspecified atom stereocenters. The largest absolute Gasteiger partial charge is 0.366 e. The summed E-state index contributed by atoms with van der Waals surface area (Å²) >= 11 is 0. The van der Waals surface area contributed by atoms with Crippen LogP contribution in [0, 0.1) is 6.92 Å². The maximum Gasteiger partial charge on any atom is 0.145 e. The Labute approximate surface area is 65.9 Å². The van der Waals surface area contributed by atoms with E-state index in [-0.39, 0.29) is 0 Å². The number of aryl methyl sites for hydroxylation is 1. The van der Waals surface area contributed by atoms with Gasteiger partial charge in [-0.3, -0.25) is 4.98 Å². The van der Waals surface area contributed by atoms with Gasteiger partial charge >= 0.3 is 0 Å². The zero-order valence-electron chi connectivity index (χ0n) is 6.54. The first kappa shape index (κ1) is 6.58. The molecule has 0 aromatic carbocycles. The molecule has 11 heavy (non-hydrogen) atoms. The van der Waals surface area contributed by atoms with E-state index in [1.54, 1.807) is 12.4 Å². The summed E-state index contributed by atoms with van der Waals surface area (Å²) in [5.74, 6) is 0.910. The molecule has 3 nitrogen and oxygen atoms in total. The Balaban J connectivity index is 2.10. The van der Waals surface area contributed by atoms with Crippen molar-refractivity contribution >= 4 is 5.82 Å². The number of hydrogen-bond donors (Lipinski definition) is 1. The lowest BCUT2D eigenvalue weighted by Crippen LogP contribution is -2.03. The van der Waals surface area contributed by atoms with Crippen LogP contribution in [0.5, 0.6) is 0 Å². The fourth-order valence-electron chi connectivity index (χ4n) is 0.970. The van der Waals surface area contributed by atoms with Gasteiger partial charge in [-0.15, -0.1) is 0 Å².